The van der Waals surface area contributed by atoms with Crippen LogP contribution in [0.25, 0.3) is 22.0 Å². The molecule has 0 spiro atoms. The lowest BCUT2D eigenvalue weighted by Crippen LogP contribution is -1.97. The number of ether oxygens (including phenoxy) is 1. The minimum absolute atomic E-state index is 0.194. The molecule has 1 N–H and O–H groups in total. The molecule has 0 aliphatic carbocycles. The fourth-order valence-electron chi connectivity index (χ4n) is 2.50. The van der Waals surface area contributed by atoms with Gasteiger partial charge in [-0.2, -0.15) is 5.26 Å². The molecule has 0 unspecified atom stereocenters. The highest BCUT2D eigenvalue weighted by Crippen LogP contribution is 2.35. The molecule has 0 saturated heterocycles. The van der Waals surface area contributed by atoms with Crippen molar-refractivity contribution in [2.24, 2.45) is 0 Å². The van der Waals surface area contributed by atoms with Crippen molar-refractivity contribution >= 4 is 16.9 Å². The molecule has 0 radical (unpaired) electrons. The van der Waals surface area contributed by atoms with E-state index in [-0.39, 0.29) is 5.56 Å². The van der Waals surface area contributed by atoms with Gasteiger partial charge in [-0.25, -0.2) is 4.79 Å². The summed E-state index contributed by atoms with van der Waals surface area (Å²) >= 11 is 0. The molecule has 0 saturated carbocycles. The number of methoxy groups -OCH3 is 1. The van der Waals surface area contributed by atoms with Gasteiger partial charge >= 0.3 is 5.97 Å². The Morgan fingerprint density at radius 3 is 2.70 bits per heavy atom. The van der Waals surface area contributed by atoms with Crippen LogP contribution < -0.4 is 4.74 Å². The highest BCUT2D eigenvalue weighted by atomic mass is 16.5. The number of benzene rings is 2. The van der Waals surface area contributed by atoms with Crippen LogP contribution in [-0.4, -0.2) is 23.2 Å². The molecule has 0 aliphatic rings. The van der Waals surface area contributed by atoms with Gasteiger partial charge in [0.05, 0.1) is 29.8 Å². The van der Waals surface area contributed by atoms with Gasteiger partial charge in [0.15, 0.2) is 0 Å². The highest BCUT2D eigenvalue weighted by Gasteiger charge is 2.13. The zero-order valence-corrected chi connectivity index (χ0v) is 12.3. The van der Waals surface area contributed by atoms with Crippen LogP contribution in [0.5, 0.6) is 5.75 Å². The van der Waals surface area contributed by atoms with E-state index in [2.05, 4.69) is 11.1 Å². The molecule has 2 aromatic carbocycles. The third-order valence-electron chi connectivity index (χ3n) is 3.61. The molecule has 0 bridgehead atoms. The lowest BCUT2D eigenvalue weighted by molar-refractivity contribution is 0.0697. The first kappa shape index (κ1) is 14.5. The molecule has 5 nitrogen and oxygen atoms in total. The van der Waals surface area contributed by atoms with E-state index >= 15 is 0 Å². The number of aromatic carboxylic acids is 1. The predicted molar refractivity (Wildman–Crippen MR) is 85.4 cm³/mol. The zero-order valence-electron chi connectivity index (χ0n) is 12.3. The van der Waals surface area contributed by atoms with Crippen LogP contribution in [0.4, 0.5) is 0 Å². The van der Waals surface area contributed by atoms with Crippen LogP contribution >= 0.6 is 0 Å². The number of aromatic nitrogens is 1. The van der Waals surface area contributed by atoms with E-state index in [1.807, 2.05) is 0 Å². The standard InChI is InChI=1S/C18H12N2O3/c1-23-17-8-11(10-19)2-4-14(17)13-6-7-20-16-5-3-12(18(21)22)9-15(13)16/h2-9H,1H3,(H,21,22). The zero-order chi connectivity index (χ0) is 16.4. The first-order valence-electron chi connectivity index (χ1n) is 6.84. The van der Waals surface area contributed by atoms with Gasteiger partial charge in [0.2, 0.25) is 0 Å². The van der Waals surface area contributed by atoms with Crippen molar-refractivity contribution in [2.75, 3.05) is 7.11 Å². The number of hydrogen-bond acceptors (Lipinski definition) is 4. The van der Waals surface area contributed by atoms with E-state index in [0.717, 1.165) is 16.5 Å². The van der Waals surface area contributed by atoms with Crippen molar-refractivity contribution in [2.45, 2.75) is 0 Å². The maximum absolute atomic E-state index is 11.2. The second-order valence-corrected chi connectivity index (χ2v) is 4.92. The van der Waals surface area contributed by atoms with Crippen LogP contribution in [0.2, 0.25) is 0 Å². The predicted octanol–water partition coefficient (Wildman–Crippen LogP) is 3.48. The quantitative estimate of drug-likeness (QED) is 0.801. The number of carboxylic acid groups (broad SMARTS) is 1. The molecule has 3 rings (SSSR count). The lowest BCUT2D eigenvalue weighted by Gasteiger charge is -2.11. The van der Waals surface area contributed by atoms with Crippen molar-refractivity contribution < 1.29 is 14.6 Å². The smallest absolute Gasteiger partial charge is 0.335 e. The number of fused-ring (bicyclic) bond motifs is 1. The molecule has 1 aromatic heterocycles. The molecule has 1 heterocycles. The molecule has 23 heavy (non-hydrogen) atoms. The average Bonchev–Trinajstić information content (AvgIpc) is 2.60. The summed E-state index contributed by atoms with van der Waals surface area (Å²) in [5, 5.41) is 18.9. The summed E-state index contributed by atoms with van der Waals surface area (Å²) in [6, 6.07) is 13.8. The Hall–Kier alpha value is -3.39. The molecular formula is C18H12N2O3. The van der Waals surface area contributed by atoms with E-state index in [9.17, 15) is 9.90 Å². The summed E-state index contributed by atoms with van der Waals surface area (Å²) in [6.45, 7) is 0. The van der Waals surface area contributed by atoms with Gasteiger partial charge in [0.1, 0.15) is 5.75 Å². The molecule has 0 aliphatic heterocycles. The lowest BCUT2D eigenvalue weighted by atomic mass is 9.98. The van der Waals surface area contributed by atoms with E-state index in [4.69, 9.17) is 10.00 Å². The number of nitrogens with zero attached hydrogens (tertiary/aromatic N) is 2. The number of carbonyl (C=O) groups is 1. The van der Waals surface area contributed by atoms with Gasteiger partial charge in [-0.15, -0.1) is 0 Å². The first-order chi connectivity index (χ1) is 11.1. The summed E-state index contributed by atoms with van der Waals surface area (Å²) in [4.78, 5) is 15.5. The Morgan fingerprint density at radius 2 is 2.00 bits per heavy atom. The number of carboxylic acids is 1. The third kappa shape index (κ3) is 2.58. The van der Waals surface area contributed by atoms with Crippen molar-refractivity contribution in [1.82, 2.24) is 4.98 Å². The SMILES string of the molecule is COc1cc(C#N)ccc1-c1ccnc2ccc(C(=O)O)cc12. The second kappa shape index (κ2) is 5.78. The maximum atomic E-state index is 11.2. The molecule has 3 aromatic rings. The topological polar surface area (TPSA) is 83.2 Å². The Balaban J connectivity index is 2.30. The van der Waals surface area contributed by atoms with Crippen LogP contribution in [-0.2, 0) is 0 Å². The summed E-state index contributed by atoms with van der Waals surface area (Å²) < 4.78 is 5.38. The number of hydrogen-bond donors (Lipinski definition) is 1. The van der Waals surface area contributed by atoms with Gasteiger partial charge in [-0.05, 0) is 48.0 Å². The molecule has 0 amide bonds. The van der Waals surface area contributed by atoms with Crippen molar-refractivity contribution in [3.63, 3.8) is 0 Å². The van der Waals surface area contributed by atoms with Gasteiger partial charge in [0, 0.05) is 17.1 Å². The largest absolute Gasteiger partial charge is 0.496 e. The monoisotopic (exact) mass is 304 g/mol. The highest BCUT2D eigenvalue weighted by molar-refractivity contribution is 6.00. The normalized spacial score (nSPS) is 10.3. The van der Waals surface area contributed by atoms with Gasteiger partial charge < -0.3 is 9.84 Å². The number of pyridine rings is 1. The Morgan fingerprint density at radius 1 is 1.17 bits per heavy atom. The maximum Gasteiger partial charge on any atom is 0.335 e. The summed E-state index contributed by atoms with van der Waals surface area (Å²) in [7, 11) is 1.53. The minimum atomic E-state index is -0.992. The Kier molecular flexibility index (Phi) is 3.65. The summed E-state index contributed by atoms with van der Waals surface area (Å²) in [6.07, 6.45) is 1.66. The van der Waals surface area contributed by atoms with Crippen LogP contribution in [0.15, 0.2) is 48.7 Å². The fourth-order valence-corrected chi connectivity index (χ4v) is 2.50. The Bertz CT molecular complexity index is 958. The molecule has 5 heteroatoms. The first-order valence-corrected chi connectivity index (χ1v) is 6.84. The van der Waals surface area contributed by atoms with Crippen LogP contribution in [0, 0.1) is 11.3 Å². The summed E-state index contributed by atoms with van der Waals surface area (Å²) in [5.74, 6) is -0.439. The van der Waals surface area contributed by atoms with Crippen LogP contribution in [0.1, 0.15) is 15.9 Å². The fraction of sp³-hybridized carbons (Fsp3) is 0.0556. The van der Waals surface area contributed by atoms with E-state index in [1.165, 1.54) is 13.2 Å². The minimum Gasteiger partial charge on any atom is -0.496 e. The van der Waals surface area contributed by atoms with Crippen molar-refractivity contribution in [3.8, 4) is 22.9 Å². The molecule has 112 valence electrons. The molecule has 0 atom stereocenters. The van der Waals surface area contributed by atoms with Gasteiger partial charge in [-0.3, -0.25) is 4.98 Å². The van der Waals surface area contributed by atoms with E-state index < -0.39 is 5.97 Å². The van der Waals surface area contributed by atoms with Crippen molar-refractivity contribution in [1.29, 1.82) is 5.26 Å². The van der Waals surface area contributed by atoms with E-state index in [0.29, 0.717) is 16.8 Å². The average molecular weight is 304 g/mol. The van der Waals surface area contributed by atoms with Gasteiger partial charge in [0.25, 0.3) is 0 Å². The third-order valence-corrected chi connectivity index (χ3v) is 3.61. The molecular weight excluding hydrogens is 292 g/mol. The number of rotatable bonds is 3. The Labute approximate surface area is 132 Å². The van der Waals surface area contributed by atoms with Gasteiger partial charge in [-0.1, -0.05) is 0 Å². The van der Waals surface area contributed by atoms with E-state index in [1.54, 1.807) is 42.6 Å². The summed E-state index contributed by atoms with van der Waals surface area (Å²) in [5.41, 5.74) is 2.97. The second-order valence-electron chi connectivity index (χ2n) is 4.92. The van der Waals surface area contributed by atoms with Crippen molar-refractivity contribution in [3.05, 3.63) is 59.8 Å². The van der Waals surface area contributed by atoms with Crippen LogP contribution in [0.3, 0.4) is 0 Å². The molecule has 0 fully saturated rings. The number of nitriles is 1.